The molecule has 0 spiro atoms. The van der Waals surface area contributed by atoms with Gasteiger partial charge in [0.05, 0.1) is 5.69 Å². The Hall–Kier alpha value is -6.85. The average molecular weight is 657 g/mol. The molecule has 0 aliphatic heterocycles. The molecular weight excluding hydrogens is 625 g/mol. The maximum Gasteiger partial charge on any atom is 0.167 e. The summed E-state index contributed by atoms with van der Waals surface area (Å²) in [5.74, 6) is 1.92. The highest BCUT2D eigenvalue weighted by atomic mass is 16.1. The second-order valence-electron chi connectivity index (χ2n) is 12.2. The zero-order chi connectivity index (χ0) is 34.4. The number of carbonyl (C=O) groups is 1. The number of benzene rings is 6. The largest absolute Gasteiger partial charge is 0.294 e. The van der Waals surface area contributed by atoms with Crippen LogP contribution in [0.2, 0.25) is 0 Å². The van der Waals surface area contributed by atoms with E-state index in [2.05, 4.69) is 47.4 Å². The summed E-state index contributed by atoms with van der Waals surface area (Å²) in [6.07, 6.45) is 2.07. The fourth-order valence-corrected chi connectivity index (χ4v) is 6.29. The van der Waals surface area contributed by atoms with E-state index in [-0.39, 0.29) is 12.2 Å². The molecule has 2 aromatic heterocycles. The van der Waals surface area contributed by atoms with Crippen LogP contribution in [0.5, 0.6) is 0 Å². The van der Waals surface area contributed by atoms with Crippen LogP contribution in [-0.4, -0.2) is 25.7 Å². The Morgan fingerprint density at radius 2 is 0.902 bits per heavy atom. The molecule has 242 valence electrons. The van der Waals surface area contributed by atoms with Crippen molar-refractivity contribution in [3.05, 3.63) is 193 Å². The standard InChI is InChI=1S/C46H32N4O/c51-43(33-14-4-1-5-15-33)31-38-30-37(27-28-39(38)40-20-10-11-21-41(40)42-22-12-13-29-47-42)32-23-25-36(26-24-32)46-49-44(34-16-6-2-7-17-34)48-45(50-46)35-18-8-3-9-19-35/h1-30H,31H2. The normalized spacial score (nSPS) is 10.9. The van der Waals surface area contributed by atoms with Gasteiger partial charge in [-0.15, -0.1) is 0 Å². The smallest absolute Gasteiger partial charge is 0.167 e. The van der Waals surface area contributed by atoms with E-state index in [1.165, 1.54) is 0 Å². The fraction of sp³-hybridized carbons (Fsp3) is 0.0217. The van der Waals surface area contributed by atoms with Gasteiger partial charge in [-0.25, -0.2) is 15.0 Å². The quantitative estimate of drug-likeness (QED) is 0.145. The molecule has 5 nitrogen and oxygen atoms in total. The van der Waals surface area contributed by atoms with Crippen LogP contribution in [0, 0.1) is 0 Å². The summed E-state index contributed by atoms with van der Waals surface area (Å²) < 4.78 is 0. The van der Waals surface area contributed by atoms with Crippen molar-refractivity contribution in [3.63, 3.8) is 0 Å². The van der Waals surface area contributed by atoms with E-state index in [0.29, 0.717) is 23.0 Å². The molecule has 0 radical (unpaired) electrons. The molecule has 5 heteroatoms. The van der Waals surface area contributed by atoms with Gasteiger partial charge in [-0.05, 0) is 39.9 Å². The summed E-state index contributed by atoms with van der Waals surface area (Å²) in [7, 11) is 0. The first-order valence-corrected chi connectivity index (χ1v) is 16.9. The van der Waals surface area contributed by atoms with Crippen LogP contribution in [0.3, 0.4) is 0 Å². The Balaban J connectivity index is 1.19. The second-order valence-corrected chi connectivity index (χ2v) is 12.2. The lowest BCUT2D eigenvalue weighted by Gasteiger charge is -2.16. The van der Waals surface area contributed by atoms with Gasteiger partial charge in [-0.2, -0.15) is 0 Å². The second kappa shape index (κ2) is 14.3. The van der Waals surface area contributed by atoms with Crippen LogP contribution in [0.15, 0.2) is 182 Å². The number of Topliss-reactive ketones (excluding diaryl/α,β-unsaturated/α-hetero) is 1. The highest BCUT2D eigenvalue weighted by molar-refractivity contribution is 5.99. The molecule has 0 atom stereocenters. The monoisotopic (exact) mass is 656 g/mol. The van der Waals surface area contributed by atoms with Crippen LogP contribution in [0.25, 0.3) is 67.7 Å². The molecule has 0 fully saturated rings. The van der Waals surface area contributed by atoms with Crippen molar-refractivity contribution in [1.82, 2.24) is 19.9 Å². The molecule has 8 rings (SSSR count). The number of nitrogens with zero attached hydrogens (tertiary/aromatic N) is 4. The van der Waals surface area contributed by atoms with Gasteiger partial charge in [-0.1, -0.05) is 164 Å². The Kier molecular flexibility index (Phi) is 8.83. The van der Waals surface area contributed by atoms with Gasteiger partial charge in [0, 0.05) is 40.4 Å². The zero-order valence-corrected chi connectivity index (χ0v) is 27.7. The maximum absolute atomic E-state index is 13.6. The molecule has 0 bridgehead atoms. The Bertz CT molecular complexity index is 2370. The minimum atomic E-state index is 0.0675. The lowest BCUT2D eigenvalue weighted by Crippen LogP contribution is -2.05. The predicted octanol–water partition coefficient (Wildman–Crippen LogP) is 10.7. The van der Waals surface area contributed by atoms with E-state index < -0.39 is 0 Å². The van der Waals surface area contributed by atoms with Crippen molar-refractivity contribution in [2.24, 2.45) is 0 Å². The van der Waals surface area contributed by atoms with Crippen molar-refractivity contribution in [2.45, 2.75) is 6.42 Å². The van der Waals surface area contributed by atoms with Crippen molar-refractivity contribution in [1.29, 1.82) is 0 Å². The molecule has 0 aliphatic rings. The van der Waals surface area contributed by atoms with E-state index in [0.717, 1.165) is 55.8 Å². The molecule has 0 unspecified atom stereocenters. The van der Waals surface area contributed by atoms with Crippen molar-refractivity contribution < 1.29 is 4.79 Å². The summed E-state index contributed by atoms with van der Waals surface area (Å²) in [5, 5.41) is 0. The Morgan fingerprint density at radius 1 is 0.412 bits per heavy atom. The average Bonchev–Trinajstić information content (AvgIpc) is 3.22. The van der Waals surface area contributed by atoms with Gasteiger partial charge < -0.3 is 0 Å². The molecule has 0 amide bonds. The number of hydrogen-bond acceptors (Lipinski definition) is 5. The maximum atomic E-state index is 13.6. The number of carbonyl (C=O) groups excluding carboxylic acids is 1. The van der Waals surface area contributed by atoms with Crippen molar-refractivity contribution >= 4 is 5.78 Å². The van der Waals surface area contributed by atoms with Crippen LogP contribution < -0.4 is 0 Å². The van der Waals surface area contributed by atoms with E-state index in [1.807, 2.05) is 133 Å². The van der Waals surface area contributed by atoms with Crippen LogP contribution in [0.1, 0.15) is 15.9 Å². The molecule has 51 heavy (non-hydrogen) atoms. The van der Waals surface area contributed by atoms with Crippen LogP contribution in [-0.2, 0) is 6.42 Å². The molecule has 8 aromatic rings. The summed E-state index contributed by atoms with van der Waals surface area (Å²) in [4.78, 5) is 32.9. The lowest BCUT2D eigenvalue weighted by atomic mass is 9.88. The van der Waals surface area contributed by atoms with Crippen molar-refractivity contribution in [3.8, 4) is 67.7 Å². The molecule has 6 aromatic carbocycles. The number of pyridine rings is 1. The van der Waals surface area contributed by atoms with Crippen molar-refractivity contribution in [2.75, 3.05) is 0 Å². The van der Waals surface area contributed by atoms with Gasteiger partial charge >= 0.3 is 0 Å². The minimum absolute atomic E-state index is 0.0675. The number of ketones is 1. The number of aromatic nitrogens is 4. The first-order chi connectivity index (χ1) is 25.2. The topological polar surface area (TPSA) is 68.6 Å². The molecule has 0 N–H and O–H groups in total. The SMILES string of the molecule is O=C(Cc1cc(-c2ccc(-c3nc(-c4ccccc4)nc(-c4ccccc4)n3)cc2)ccc1-c1ccccc1-c1ccccn1)c1ccccc1. The summed E-state index contributed by atoms with van der Waals surface area (Å²) in [6.45, 7) is 0. The predicted molar refractivity (Wildman–Crippen MR) is 205 cm³/mol. The molecule has 0 saturated carbocycles. The van der Waals surface area contributed by atoms with Gasteiger partial charge in [0.2, 0.25) is 0 Å². The summed E-state index contributed by atoms with van der Waals surface area (Å²) in [6, 6.07) is 58.3. The fourth-order valence-electron chi connectivity index (χ4n) is 6.29. The number of hydrogen-bond donors (Lipinski definition) is 0. The number of rotatable bonds is 9. The first-order valence-electron chi connectivity index (χ1n) is 16.9. The highest BCUT2D eigenvalue weighted by Crippen LogP contribution is 2.36. The van der Waals surface area contributed by atoms with Crippen LogP contribution in [0.4, 0.5) is 0 Å². The first kappa shape index (κ1) is 31.4. The highest BCUT2D eigenvalue weighted by Gasteiger charge is 2.17. The zero-order valence-electron chi connectivity index (χ0n) is 27.7. The van der Waals surface area contributed by atoms with E-state index in [1.54, 1.807) is 6.20 Å². The van der Waals surface area contributed by atoms with E-state index in [4.69, 9.17) is 15.0 Å². The lowest BCUT2D eigenvalue weighted by molar-refractivity contribution is 0.0993. The third-order valence-corrected chi connectivity index (χ3v) is 8.89. The van der Waals surface area contributed by atoms with Gasteiger partial charge in [-0.3, -0.25) is 9.78 Å². The molecular formula is C46H32N4O. The Morgan fingerprint density at radius 3 is 1.49 bits per heavy atom. The van der Waals surface area contributed by atoms with E-state index in [9.17, 15) is 4.79 Å². The third-order valence-electron chi connectivity index (χ3n) is 8.89. The minimum Gasteiger partial charge on any atom is -0.294 e. The molecule has 0 saturated heterocycles. The van der Waals surface area contributed by atoms with Gasteiger partial charge in [0.1, 0.15) is 0 Å². The van der Waals surface area contributed by atoms with Crippen LogP contribution >= 0.6 is 0 Å². The summed E-state index contributed by atoms with van der Waals surface area (Å²) >= 11 is 0. The van der Waals surface area contributed by atoms with E-state index >= 15 is 0 Å². The summed E-state index contributed by atoms with van der Waals surface area (Å²) in [5.41, 5.74) is 10.4. The van der Waals surface area contributed by atoms with Gasteiger partial charge in [0.15, 0.2) is 23.3 Å². The Labute approximate surface area is 297 Å². The third kappa shape index (κ3) is 6.87. The molecule has 2 heterocycles. The van der Waals surface area contributed by atoms with Gasteiger partial charge in [0.25, 0.3) is 0 Å². The molecule has 0 aliphatic carbocycles.